The van der Waals surface area contributed by atoms with Gasteiger partial charge in [-0.3, -0.25) is 14.6 Å². The number of amides is 1. The zero-order valence-corrected chi connectivity index (χ0v) is 20.0. The smallest absolute Gasteiger partial charge is 0.260 e. The van der Waals surface area contributed by atoms with Crippen LogP contribution in [-0.2, 0) is 4.74 Å². The van der Waals surface area contributed by atoms with Crippen LogP contribution in [0.5, 0.6) is 0 Å². The number of benzene rings is 3. The molecule has 1 aromatic heterocycles. The van der Waals surface area contributed by atoms with Crippen LogP contribution in [0.2, 0.25) is 0 Å². The largest absolute Gasteiger partial charge is 0.379 e. The Morgan fingerprint density at radius 1 is 1.06 bits per heavy atom. The van der Waals surface area contributed by atoms with E-state index in [9.17, 15) is 4.79 Å². The van der Waals surface area contributed by atoms with Crippen molar-refractivity contribution >= 4 is 43.4 Å². The summed E-state index contributed by atoms with van der Waals surface area (Å²) in [5.41, 5.74) is 4.10. The topological polar surface area (TPSA) is 45.7 Å². The van der Waals surface area contributed by atoms with Gasteiger partial charge in [-0.1, -0.05) is 47.7 Å². The predicted octanol–water partition coefficient (Wildman–Crippen LogP) is 5.44. The third kappa shape index (κ3) is 4.64. The minimum Gasteiger partial charge on any atom is -0.379 e. The molecule has 33 heavy (non-hydrogen) atoms. The second-order valence-electron chi connectivity index (χ2n) is 8.68. The number of rotatable bonds is 6. The van der Waals surface area contributed by atoms with Gasteiger partial charge >= 0.3 is 0 Å². The number of anilines is 1. The zero-order valence-electron chi connectivity index (χ0n) is 19.2. The maximum atomic E-state index is 13.8. The molecule has 0 unspecified atom stereocenters. The molecule has 1 fully saturated rings. The van der Waals surface area contributed by atoms with Crippen LogP contribution >= 0.6 is 11.3 Å². The highest BCUT2D eigenvalue weighted by Crippen LogP contribution is 2.33. The number of nitrogens with zero attached hydrogens (tertiary/aromatic N) is 3. The Bertz CT molecular complexity index is 1290. The molecule has 1 aliphatic heterocycles. The Morgan fingerprint density at radius 2 is 1.85 bits per heavy atom. The SMILES string of the molecule is Cc1ccc2sc(N(CCCN3CCOCC3)C(=O)c3ccc4ccccc4c3)nc2c1C. The van der Waals surface area contributed by atoms with Crippen LogP contribution in [0.15, 0.2) is 54.6 Å². The number of hydrogen-bond donors (Lipinski definition) is 0. The highest BCUT2D eigenvalue weighted by atomic mass is 32.1. The average molecular weight is 460 g/mol. The highest BCUT2D eigenvalue weighted by molar-refractivity contribution is 7.22. The average Bonchev–Trinajstić information content (AvgIpc) is 3.29. The summed E-state index contributed by atoms with van der Waals surface area (Å²) in [7, 11) is 0. The molecule has 5 rings (SSSR count). The lowest BCUT2D eigenvalue weighted by molar-refractivity contribution is 0.0376. The summed E-state index contributed by atoms with van der Waals surface area (Å²) in [4.78, 5) is 23.0. The molecule has 0 saturated carbocycles. The summed E-state index contributed by atoms with van der Waals surface area (Å²) >= 11 is 1.60. The van der Waals surface area contributed by atoms with Crippen molar-refractivity contribution in [1.29, 1.82) is 0 Å². The number of hydrogen-bond acceptors (Lipinski definition) is 5. The summed E-state index contributed by atoms with van der Waals surface area (Å²) in [5.74, 6) is 0.0103. The van der Waals surface area contributed by atoms with Gasteiger partial charge in [-0.15, -0.1) is 0 Å². The molecule has 4 aromatic rings. The van der Waals surface area contributed by atoms with Gasteiger partial charge in [-0.25, -0.2) is 4.98 Å². The van der Waals surface area contributed by atoms with Crippen LogP contribution in [0.25, 0.3) is 21.0 Å². The van der Waals surface area contributed by atoms with Gasteiger partial charge in [0.2, 0.25) is 0 Å². The van der Waals surface area contributed by atoms with Crippen LogP contribution in [-0.4, -0.2) is 55.2 Å². The molecule has 1 amide bonds. The van der Waals surface area contributed by atoms with E-state index in [0.717, 1.165) is 65.4 Å². The molecule has 2 heterocycles. The Hall–Kier alpha value is -2.80. The van der Waals surface area contributed by atoms with Crippen molar-refractivity contribution in [1.82, 2.24) is 9.88 Å². The standard InChI is InChI=1S/C27H29N3O2S/c1-19-8-11-24-25(20(19)2)28-27(33-24)30(13-5-12-29-14-16-32-17-15-29)26(31)23-10-9-21-6-3-4-7-22(21)18-23/h3-4,6-11,18H,5,12-17H2,1-2H3. The van der Waals surface area contributed by atoms with Crippen LogP contribution in [0, 0.1) is 13.8 Å². The first-order chi connectivity index (χ1) is 16.1. The van der Waals surface area contributed by atoms with E-state index in [2.05, 4.69) is 43.0 Å². The zero-order chi connectivity index (χ0) is 22.8. The molecule has 5 nitrogen and oxygen atoms in total. The van der Waals surface area contributed by atoms with Gasteiger partial charge in [-0.05, 0) is 60.4 Å². The van der Waals surface area contributed by atoms with E-state index < -0.39 is 0 Å². The summed E-state index contributed by atoms with van der Waals surface area (Å²) in [6.07, 6.45) is 0.896. The van der Waals surface area contributed by atoms with E-state index in [4.69, 9.17) is 9.72 Å². The summed E-state index contributed by atoms with van der Waals surface area (Å²) < 4.78 is 6.59. The predicted molar refractivity (Wildman–Crippen MR) is 137 cm³/mol. The van der Waals surface area contributed by atoms with Gasteiger partial charge < -0.3 is 4.74 Å². The second-order valence-corrected chi connectivity index (χ2v) is 9.69. The van der Waals surface area contributed by atoms with Crippen LogP contribution < -0.4 is 4.90 Å². The molecule has 0 atom stereocenters. The molecule has 6 heteroatoms. The number of aryl methyl sites for hydroxylation is 2. The maximum Gasteiger partial charge on any atom is 0.260 e. The van der Waals surface area contributed by atoms with Crippen molar-refractivity contribution in [3.05, 3.63) is 71.3 Å². The van der Waals surface area contributed by atoms with E-state index in [1.165, 1.54) is 11.1 Å². The first-order valence-corrected chi connectivity index (χ1v) is 12.4. The molecule has 3 aromatic carbocycles. The lowest BCUT2D eigenvalue weighted by atomic mass is 10.1. The van der Waals surface area contributed by atoms with Gasteiger partial charge in [0.15, 0.2) is 5.13 Å². The van der Waals surface area contributed by atoms with E-state index >= 15 is 0 Å². The molecule has 1 saturated heterocycles. The van der Waals surface area contributed by atoms with Gasteiger partial charge in [0.1, 0.15) is 0 Å². The quantitative estimate of drug-likeness (QED) is 0.385. The van der Waals surface area contributed by atoms with Crippen molar-refractivity contribution in [3.8, 4) is 0 Å². The summed E-state index contributed by atoms with van der Waals surface area (Å²) in [6, 6.07) is 18.4. The van der Waals surface area contributed by atoms with E-state index in [1.807, 2.05) is 35.2 Å². The first kappa shape index (κ1) is 22.0. The Kier molecular flexibility index (Phi) is 6.40. The molecule has 1 aliphatic rings. The van der Waals surface area contributed by atoms with Crippen molar-refractivity contribution < 1.29 is 9.53 Å². The fourth-order valence-electron chi connectivity index (χ4n) is 4.37. The molecule has 170 valence electrons. The molecule has 0 N–H and O–H groups in total. The number of aromatic nitrogens is 1. The fraction of sp³-hybridized carbons (Fsp3) is 0.333. The molecular formula is C27H29N3O2S. The molecule has 0 bridgehead atoms. The second kappa shape index (κ2) is 9.59. The van der Waals surface area contributed by atoms with Crippen molar-refractivity contribution in [2.75, 3.05) is 44.3 Å². The van der Waals surface area contributed by atoms with Crippen LogP contribution in [0.3, 0.4) is 0 Å². The number of ether oxygens (including phenoxy) is 1. The van der Waals surface area contributed by atoms with E-state index in [1.54, 1.807) is 11.3 Å². The van der Waals surface area contributed by atoms with Crippen LogP contribution in [0.1, 0.15) is 27.9 Å². The molecule has 0 spiro atoms. The summed E-state index contributed by atoms with van der Waals surface area (Å²) in [5, 5.41) is 2.99. The van der Waals surface area contributed by atoms with Crippen molar-refractivity contribution in [2.24, 2.45) is 0 Å². The maximum absolute atomic E-state index is 13.8. The highest BCUT2D eigenvalue weighted by Gasteiger charge is 2.23. The van der Waals surface area contributed by atoms with Gasteiger partial charge in [0.25, 0.3) is 5.91 Å². The van der Waals surface area contributed by atoms with Gasteiger partial charge in [-0.2, -0.15) is 0 Å². The van der Waals surface area contributed by atoms with E-state index in [0.29, 0.717) is 12.1 Å². The fourth-order valence-corrected chi connectivity index (χ4v) is 5.42. The van der Waals surface area contributed by atoms with Crippen LogP contribution in [0.4, 0.5) is 5.13 Å². The molecular weight excluding hydrogens is 430 g/mol. The van der Waals surface area contributed by atoms with Gasteiger partial charge in [0.05, 0.1) is 23.4 Å². The number of fused-ring (bicyclic) bond motifs is 2. The lowest BCUT2D eigenvalue weighted by Crippen LogP contribution is -2.39. The Morgan fingerprint density at radius 3 is 2.67 bits per heavy atom. The number of morpholine rings is 1. The molecule has 0 aliphatic carbocycles. The number of carbonyl (C=O) groups excluding carboxylic acids is 1. The normalized spacial score (nSPS) is 14.7. The minimum absolute atomic E-state index is 0.0103. The van der Waals surface area contributed by atoms with Crippen molar-refractivity contribution in [3.63, 3.8) is 0 Å². The Balaban J connectivity index is 1.45. The summed E-state index contributed by atoms with van der Waals surface area (Å²) in [6.45, 7) is 9.29. The first-order valence-electron chi connectivity index (χ1n) is 11.6. The third-order valence-corrected chi connectivity index (χ3v) is 7.55. The molecule has 0 radical (unpaired) electrons. The third-order valence-electron chi connectivity index (χ3n) is 6.51. The number of thiazole rings is 1. The monoisotopic (exact) mass is 459 g/mol. The minimum atomic E-state index is 0.0103. The van der Waals surface area contributed by atoms with Gasteiger partial charge in [0, 0.05) is 31.7 Å². The Labute approximate surface area is 198 Å². The van der Waals surface area contributed by atoms with Crippen molar-refractivity contribution in [2.45, 2.75) is 20.3 Å². The lowest BCUT2D eigenvalue weighted by Gasteiger charge is -2.27. The number of carbonyl (C=O) groups is 1. The van der Waals surface area contributed by atoms with E-state index in [-0.39, 0.29) is 5.91 Å².